The molecule has 0 aliphatic carbocycles. The van der Waals surface area contributed by atoms with Gasteiger partial charge < -0.3 is 5.32 Å². The van der Waals surface area contributed by atoms with Crippen LogP contribution in [0.3, 0.4) is 0 Å². The molecule has 0 saturated heterocycles. The summed E-state index contributed by atoms with van der Waals surface area (Å²) in [4.78, 5) is 12.6. The van der Waals surface area contributed by atoms with Gasteiger partial charge in [-0.25, -0.2) is 8.42 Å². The van der Waals surface area contributed by atoms with Gasteiger partial charge in [0.25, 0.3) is 15.9 Å². The Bertz CT molecular complexity index is 1130. The van der Waals surface area contributed by atoms with Crippen molar-refractivity contribution >= 4 is 50.5 Å². The number of amides is 1. The van der Waals surface area contributed by atoms with Crippen LogP contribution in [0.4, 0.5) is 11.4 Å². The molecular formula is C20H16Cl2N2O3S. The summed E-state index contributed by atoms with van der Waals surface area (Å²) in [6, 6.07) is 17.4. The van der Waals surface area contributed by atoms with Crippen LogP contribution in [0.15, 0.2) is 71.6 Å². The molecule has 144 valence electrons. The van der Waals surface area contributed by atoms with Gasteiger partial charge in [0.15, 0.2) is 0 Å². The second kappa shape index (κ2) is 8.22. The molecule has 0 aromatic heterocycles. The molecular weight excluding hydrogens is 419 g/mol. The predicted molar refractivity (Wildman–Crippen MR) is 113 cm³/mol. The lowest BCUT2D eigenvalue weighted by Gasteiger charge is -2.12. The fraction of sp³-hybridized carbons (Fsp3) is 0.0500. The van der Waals surface area contributed by atoms with Crippen LogP contribution in [0.5, 0.6) is 0 Å². The summed E-state index contributed by atoms with van der Waals surface area (Å²) in [6.07, 6.45) is 0. The van der Waals surface area contributed by atoms with E-state index in [2.05, 4.69) is 10.0 Å². The molecule has 3 rings (SSSR count). The van der Waals surface area contributed by atoms with E-state index in [1.54, 1.807) is 6.07 Å². The molecule has 28 heavy (non-hydrogen) atoms. The molecule has 0 spiro atoms. The Morgan fingerprint density at radius 3 is 2.29 bits per heavy atom. The van der Waals surface area contributed by atoms with E-state index in [1.165, 1.54) is 42.5 Å². The molecule has 1 amide bonds. The van der Waals surface area contributed by atoms with Crippen molar-refractivity contribution in [2.75, 3.05) is 10.0 Å². The van der Waals surface area contributed by atoms with Crippen LogP contribution in [0.2, 0.25) is 10.0 Å². The number of hydrogen-bond acceptors (Lipinski definition) is 3. The molecule has 0 aliphatic heterocycles. The molecule has 0 unspecified atom stereocenters. The van der Waals surface area contributed by atoms with Crippen LogP contribution >= 0.6 is 23.2 Å². The van der Waals surface area contributed by atoms with Crippen molar-refractivity contribution in [1.82, 2.24) is 0 Å². The van der Waals surface area contributed by atoms with Gasteiger partial charge in [0, 0.05) is 16.4 Å². The molecule has 3 aromatic rings. The number of rotatable bonds is 5. The van der Waals surface area contributed by atoms with Crippen molar-refractivity contribution in [1.29, 1.82) is 0 Å². The van der Waals surface area contributed by atoms with Crippen molar-refractivity contribution in [3.05, 3.63) is 87.9 Å². The first-order valence-electron chi connectivity index (χ1n) is 8.20. The van der Waals surface area contributed by atoms with Crippen LogP contribution in [0.1, 0.15) is 15.9 Å². The Morgan fingerprint density at radius 1 is 0.893 bits per heavy atom. The highest BCUT2D eigenvalue weighted by atomic mass is 35.5. The standard InChI is InChI=1S/C20H16Cl2N2O3S/c1-13-3-2-4-15(11-13)23-20(25)18-12-16(7-10-19(18)22)24-28(26,27)17-8-5-14(21)6-9-17/h2-12,24H,1H3,(H,23,25). The maximum Gasteiger partial charge on any atom is 0.261 e. The first-order valence-corrected chi connectivity index (χ1v) is 10.4. The summed E-state index contributed by atoms with van der Waals surface area (Å²) in [5, 5.41) is 3.39. The topological polar surface area (TPSA) is 75.3 Å². The number of carbonyl (C=O) groups is 1. The molecule has 5 nitrogen and oxygen atoms in total. The summed E-state index contributed by atoms with van der Waals surface area (Å²) in [5.74, 6) is -0.442. The molecule has 3 aromatic carbocycles. The van der Waals surface area contributed by atoms with Gasteiger partial charge in [-0.15, -0.1) is 0 Å². The van der Waals surface area contributed by atoms with Gasteiger partial charge >= 0.3 is 0 Å². The van der Waals surface area contributed by atoms with E-state index in [9.17, 15) is 13.2 Å². The Morgan fingerprint density at radius 2 is 1.61 bits per heavy atom. The van der Waals surface area contributed by atoms with Crippen LogP contribution in [-0.2, 0) is 10.0 Å². The minimum atomic E-state index is -3.83. The van der Waals surface area contributed by atoms with Crippen molar-refractivity contribution in [2.45, 2.75) is 11.8 Å². The van der Waals surface area contributed by atoms with Crippen molar-refractivity contribution in [2.24, 2.45) is 0 Å². The molecule has 0 fully saturated rings. The summed E-state index contributed by atoms with van der Waals surface area (Å²) in [5.41, 5.74) is 1.98. The molecule has 0 saturated carbocycles. The third kappa shape index (κ3) is 4.84. The Kier molecular flexibility index (Phi) is 5.93. The van der Waals surface area contributed by atoms with Crippen LogP contribution in [0, 0.1) is 6.92 Å². The van der Waals surface area contributed by atoms with Crippen molar-refractivity contribution in [3.8, 4) is 0 Å². The van der Waals surface area contributed by atoms with Gasteiger partial charge in [0.05, 0.1) is 15.5 Å². The Labute approximate surface area is 173 Å². The second-order valence-electron chi connectivity index (χ2n) is 6.08. The fourth-order valence-corrected chi connectivity index (χ4v) is 3.89. The van der Waals surface area contributed by atoms with E-state index in [4.69, 9.17) is 23.2 Å². The lowest BCUT2D eigenvalue weighted by atomic mass is 10.1. The molecule has 0 bridgehead atoms. The van der Waals surface area contributed by atoms with Gasteiger partial charge in [0.2, 0.25) is 0 Å². The number of hydrogen-bond donors (Lipinski definition) is 2. The lowest BCUT2D eigenvalue weighted by molar-refractivity contribution is 0.102. The third-order valence-electron chi connectivity index (χ3n) is 3.86. The highest BCUT2D eigenvalue weighted by Gasteiger charge is 2.17. The molecule has 0 heterocycles. The summed E-state index contributed by atoms with van der Waals surface area (Å²) >= 11 is 11.9. The van der Waals surface area contributed by atoms with Gasteiger partial charge in [-0.05, 0) is 67.1 Å². The van der Waals surface area contributed by atoms with Crippen molar-refractivity contribution in [3.63, 3.8) is 0 Å². The highest BCUT2D eigenvalue weighted by Crippen LogP contribution is 2.24. The number of halogens is 2. The quantitative estimate of drug-likeness (QED) is 0.567. The van der Waals surface area contributed by atoms with Crippen LogP contribution < -0.4 is 10.0 Å². The number of sulfonamides is 1. The molecule has 0 aliphatic rings. The average molecular weight is 435 g/mol. The van der Waals surface area contributed by atoms with E-state index >= 15 is 0 Å². The maximum atomic E-state index is 12.6. The highest BCUT2D eigenvalue weighted by molar-refractivity contribution is 7.92. The normalized spacial score (nSPS) is 11.1. The first kappa shape index (κ1) is 20.2. The zero-order valence-electron chi connectivity index (χ0n) is 14.7. The monoisotopic (exact) mass is 434 g/mol. The number of carbonyl (C=O) groups excluding carboxylic acids is 1. The predicted octanol–water partition coefficient (Wildman–Crippen LogP) is 5.35. The largest absolute Gasteiger partial charge is 0.322 e. The number of aryl methyl sites for hydroxylation is 1. The summed E-state index contributed by atoms with van der Waals surface area (Å²) in [6.45, 7) is 1.91. The Hall–Kier alpha value is -2.54. The molecule has 2 N–H and O–H groups in total. The van der Waals surface area contributed by atoms with Gasteiger partial charge in [-0.1, -0.05) is 35.3 Å². The van der Waals surface area contributed by atoms with Crippen LogP contribution in [-0.4, -0.2) is 14.3 Å². The minimum Gasteiger partial charge on any atom is -0.322 e. The average Bonchev–Trinajstić information content (AvgIpc) is 2.63. The number of nitrogens with one attached hydrogen (secondary N) is 2. The van der Waals surface area contributed by atoms with Crippen molar-refractivity contribution < 1.29 is 13.2 Å². The van der Waals surface area contributed by atoms with Gasteiger partial charge in [0.1, 0.15) is 0 Å². The molecule has 8 heteroatoms. The third-order valence-corrected chi connectivity index (χ3v) is 5.84. The van der Waals surface area contributed by atoms with E-state index < -0.39 is 15.9 Å². The zero-order valence-corrected chi connectivity index (χ0v) is 17.1. The lowest BCUT2D eigenvalue weighted by Crippen LogP contribution is -2.15. The Balaban J connectivity index is 1.84. The first-order chi connectivity index (χ1) is 13.2. The van der Waals surface area contributed by atoms with E-state index in [0.717, 1.165) is 5.56 Å². The van der Waals surface area contributed by atoms with E-state index in [1.807, 2.05) is 25.1 Å². The zero-order chi connectivity index (χ0) is 20.3. The van der Waals surface area contributed by atoms with Crippen LogP contribution in [0.25, 0.3) is 0 Å². The summed E-state index contributed by atoms with van der Waals surface area (Å²) < 4.78 is 27.5. The number of anilines is 2. The smallest absolute Gasteiger partial charge is 0.261 e. The molecule has 0 radical (unpaired) electrons. The minimum absolute atomic E-state index is 0.0533. The number of benzene rings is 3. The molecule has 0 atom stereocenters. The summed E-state index contributed by atoms with van der Waals surface area (Å²) in [7, 11) is -3.83. The van der Waals surface area contributed by atoms with Gasteiger partial charge in [-0.3, -0.25) is 9.52 Å². The second-order valence-corrected chi connectivity index (χ2v) is 8.60. The fourth-order valence-electron chi connectivity index (χ4n) is 2.51. The van der Waals surface area contributed by atoms with E-state index in [-0.39, 0.29) is 21.2 Å². The SMILES string of the molecule is Cc1cccc(NC(=O)c2cc(NS(=O)(=O)c3ccc(Cl)cc3)ccc2Cl)c1. The van der Waals surface area contributed by atoms with Gasteiger partial charge in [-0.2, -0.15) is 0 Å². The maximum absolute atomic E-state index is 12.6. The van der Waals surface area contributed by atoms with E-state index in [0.29, 0.717) is 10.7 Å².